The average molecular weight is 430 g/mol. The van der Waals surface area contributed by atoms with Gasteiger partial charge < -0.3 is 5.32 Å². The highest BCUT2D eigenvalue weighted by Crippen LogP contribution is 2.23. The molecule has 162 valence electrons. The van der Waals surface area contributed by atoms with Crippen molar-refractivity contribution in [2.45, 2.75) is 39.8 Å². The first-order chi connectivity index (χ1) is 14.2. The number of likely N-dealkylation sites (tertiary alicyclic amines) is 1. The van der Waals surface area contributed by atoms with Gasteiger partial charge in [-0.25, -0.2) is 8.42 Å². The van der Waals surface area contributed by atoms with Crippen molar-refractivity contribution in [3.63, 3.8) is 0 Å². The summed E-state index contributed by atoms with van der Waals surface area (Å²) in [7, 11) is -3.59. The van der Waals surface area contributed by atoms with Crippen LogP contribution in [0.5, 0.6) is 0 Å². The van der Waals surface area contributed by atoms with Crippen LogP contribution in [-0.2, 0) is 27.9 Å². The Labute approximate surface area is 179 Å². The van der Waals surface area contributed by atoms with E-state index in [4.69, 9.17) is 0 Å². The topological polar surface area (TPSA) is 69.7 Å². The lowest BCUT2D eigenvalue weighted by Crippen LogP contribution is -2.40. The van der Waals surface area contributed by atoms with Gasteiger partial charge in [-0.2, -0.15) is 0 Å². The highest BCUT2D eigenvalue weighted by atomic mass is 32.2. The lowest BCUT2D eigenvalue weighted by molar-refractivity contribution is -0.119. The van der Waals surface area contributed by atoms with Crippen LogP contribution in [0.1, 0.15) is 35.1 Å². The molecule has 1 saturated heterocycles. The van der Waals surface area contributed by atoms with Gasteiger partial charge in [0.1, 0.15) is 6.54 Å². The summed E-state index contributed by atoms with van der Waals surface area (Å²) in [4.78, 5) is 15.0. The Bertz CT molecular complexity index is 999. The summed E-state index contributed by atoms with van der Waals surface area (Å²) in [5.41, 5.74) is 4.54. The van der Waals surface area contributed by atoms with Crippen molar-refractivity contribution >= 4 is 21.6 Å². The number of carbonyl (C=O) groups excluding carboxylic acids is 1. The second-order valence-corrected chi connectivity index (χ2v) is 10.0. The number of rotatable bonds is 8. The maximum Gasteiger partial charge on any atom is 0.241 e. The van der Waals surface area contributed by atoms with Gasteiger partial charge in [-0.15, -0.1) is 0 Å². The fourth-order valence-corrected chi connectivity index (χ4v) is 4.70. The highest BCUT2D eigenvalue weighted by molar-refractivity contribution is 7.92. The van der Waals surface area contributed by atoms with Gasteiger partial charge >= 0.3 is 0 Å². The highest BCUT2D eigenvalue weighted by Gasteiger charge is 2.22. The molecule has 1 fully saturated rings. The fourth-order valence-electron chi connectivity index (χ4n) is 3.79. The number of carbonyl (C=O) groups is 1. The predicted octanol–water partition coefficient (Wildman–Crippen LogP) is 2.98. The average Bonchev–Trinajstić information content (AvgIpc) is 3.19. The summed E-state index contributed by atoms with van der Waals surface area (Å²) in [5, 5.41) is 2.87. The summed E-state index contributed by atoms with van der Waals surface area (Å²) >= 11 is 0. The minimum atomic E-state index is -3.59. The monoisotopic (exact) mass is 429 g/mol. The van der Waals surface area contributed by atoms with E-state index in [-0.39, 0.29) is 12.5 Å². The Morgan fingerprint density at radius 3 is 2.47 bits per heavy atom. The quantitative estimate of drug-likeness (QED) is 0.700. The van der Waals surface area contributed by atoms with Crippen molar-refractivity contribution in [2.75, 3.05) is 30.2 Å². The molecule has 0 saturated carbocycles. The standard InChI is InChI=1S/C23H31N3O3S/c1-18-9-10-19(2)22(13-18)26(30(3,28)29)17-23(27)24-15-20-7-6-8-21(14-20)16-25-11-4-5-12-25/h6-10,13-14H,4-5,11-12,15-17H2,1-3H3,(H,24,27). The SMILES string of the molecule is Cc1ccc(C)c(N(CC(=O)NCc2cccc(CN3CCCC3)c2)S(C)(=O)=O)c1. The molecular formula is C23H31N3O3S. The smallest absolute Gasteiger partial charge is 0.241 e. The molecule has 0 atom stereocenters. The van der Waals surface area contributed by atoms with E-state index in [0.717, 1.165) is 42.6 Å². The summed E-state index contributed by atoms with van der Waals surface area (Å²) < 4.78 is 25.9. The number of nitrogens with zero attached hydrogens (tertiary/aromatic N) is 2. The zero-order valence-corrected chi connectivity index (χ0v) is 18.8. The van der Waals surface area contributed by atoms with E-state index < -0.39 is 10.0 Å². The van der Waals surface area contributed by atoms with E-state index in [9.17, 15) is 13.2 Å². The number of aryl methyl sites for hydroxylation is 2. The molecule has 2 aromatic rings. The Morgan fingerprint density at radius 1 is 1.07 bits per heavy atom. The maximum absolute atomic E-state index is 12.6. The molecule has 30 heavy (non-hydrogen) atoms. The van der Waals surface area contributed by atoms with Crippen LogP contribution in [0.15, 0.2) is 42.5 Å². The number of amides is 1. The van der Waals surface area contributed by atoms with Crippen LogP contribution >= 0.6 is 0 Å². The Morgan fingerprint density at radius 2 is 1.77 bits per heavy atom. The van der Waals surface area contributed by atoms with Gasteiger partial charge in [-0.1, -0.05) is 36.4 Å². The molecule has 1 heterocycles. The normalized spacial score (nSPS) is 14.6. The molecule has 0 aliphatic carbocycles. The minimum Gasteiger partial charge on any atom is -0.350 e. The fraction of sp³-hybridized carbons (Fsp3) is 0.435. The van der Waals surface area contributed by atoms with E-state index in [0.29, 0.717) is 12.2 Å². The van der Waals surface area contributed by atoms with Crippen LogP contribution in [0.25, 0.3) is 0 Å². The summed E-state index contributed by atoms with van der Waals surface area (Å²) in [5.74, 6) is -0.328. The number of hydrogen-bond donors (Lipinski definition) is 1. The zero-order valence-electron chi connectivity index (χ0n) is 18.0. The van der Waals surface area contributed by atoms with Crippen molar-refractivity contribution in [2.24, 2.45) is 0 Å². The van der Waals surface area contributed by atoms with Crippen molar-refractivity contribution in [3.05, 3.63) is 64.7 Å². The van der Waals surface area contributed by atoms with E-state index in [1.165, 1.54) is 22.7 Å². The van der Waals surface area contributed by atoms with E-state index in [1.807, 2.05) is 38.1 Å². The third-order valence-corrected chi connectivity index (χ3v) is 6.53. The first-order valence-electron chi connectivity index (χ1n) is 10.3. The van der Waals surface area contributed by atoms with Gasteiger partial charge in [0.05, 0.1) is 11.9 Å². The van der Waals surface area contributed by atoms with Gasteiger partial charge in [0.25, 0.3) is 0 Å². The second-order valence-electron chi connectivity index (χ2n) is 8.14. The molecule has 1 aliphatic heterocycles. The molecule has 0 unspecified atom stereocenters. The molecule has 0 bridgehead atoms. The first-order valence-corrected chi connectivity index (χ1v) is 12.2. The van der Waals surface area contributed by atoms with Crippen LogP contribution < -0.4 is 9.62 Å². The van der Waals surface area contributed by atoms with E-state index in [1.54, 1.807) is 6.07 Å². The molecule has 2 aromatic carbocycles. The molecule has 3 rings (SSSR count). The molecular weight excluding hydrogens is 398 g/mol. The molecule has 7 heteroatoms. The maximum atomic E-state index is 12.6. The van der Waals surface area contributed by atoms with E-state index >= 15 is 0 Å². The summed E-state index contributed by atoms with van der Waals surface area (Å²) in [6, 6.07) is 13.8. The number of sulfonamides is 1. The van der Waals surface area contributed by atoms with Crippen LogP contribution in [-0.4, -0.2) is 45.1 Å². The van der Waals surface area contributed by atoms with Crippen LogP contribution in [0.3, 0.4) is 0 Å². The molecule has 0 radical (unpaired) electrons. The molecule has 6 nitrogen and oxygen atoms in total. The van der Waals surface area contributed by atoms with Gasteiger partial charge in [0.2, 0.25) is 15.9 Å². The number of nitrogens with one attached hydrogen (secondary N) is 1. The van der Waals surface area contributed by atoms with Crippen LogP contribution in [0.2, 0.25) is 0 Å². The van der Waals surface area contributed by atoms with Gasteiger partial charge in [-0.3, -0.25) is 14.0 Å². The Balaban J connectivity index is 1.64. The van der Waals surface area contributed by atoms with Crippen LogP contribution in [0, 0.1) is 13.8 Å². The molecule has 0 aromatic heterocycles. The minimum absolute atomic E-state index is 0.239. The molecule has 1 N–H and O–H groups in total. The van der Waals surface area contributed by atoms with Crippen molar-refractivity contribution in [1.82, 2.24) is 10.2 Å². The van der Waals surface area contributed by atoms with Crippen molar-refractivity contribution in [3.8, 4) is 0 Å². The second kappa shape index (κ2) is 9.62. The van der Waals surface area contributed by atoms with Gasteiger partial charge in [0, 0.05) is 13.1 Å². The largest absolute Gasteiger partial charge is 0.350 e. The Kier molecular flexibility index (Phi) is 7.15. The lowest BCUT2D eigenvalue weighted by atomic mass is 10.1. The number of anilines is 1. The Hall–Kier alpha value is -2.38. The van der Waals surface area contributed by atoms with Crippen molar-refractivity contribution in [1.29, 1.82) is 0 Å². The first kappa shape index (κ1) is 22.3. The molecule has 1 aliphatic rings. The summed E-state index contributed by atoms with van der Waals surface area (Å²) in [6.07, 6.45) is 3.64. The van der Waals surface area contributed by atoms with Crippen LogP contribution in [0.4, 0.5) is 5.69 Å². The summed E-state index contributed by atoms with van der Waals surface area (Å²) in [6.45, 7) is 7.08. The van der Waals surface area contributed by atoms with Gasteiger partial charge in [0.15, 0.2) is 0 Å². The molecule has 0 spiro atoms. The van der Waals surface area contributed by atoms with Gasteiger partial charge in [-0.05, 0) is 68.1 Å². The lowest BCUT2D eigenvalue weighted by Gasteiger charge is -2.24. The zero-order chi connectivity index (χ0) is 21.7. The van der Waals surface area contributed by atoms with E-state index in [2.05, 4.69) is 22.3 Å². The third-order valence-electron chi connectivity index (χ3n) is 5.41. The predicted molar refractivity (Wildman–Crippen MR) is 121 cm³/mol. The third kappa shape index (κ3) is 6.06. The molecule has 1 amide bonds. The van der Waals surface area contributed by atoms with Crippen molar-refractivity contribution < 1.29 is 13.2 Å². The number of hydrogen-bond acceptors (Lipinski definition) is 4. The number of benzene rings is 2.